The number of nitrogens with two attached hydrogens (primary N) is 1. The minimum atomic E-state index is 0.613. The van der Waals surface area contributed by atoms with Gasteiger partial charge in [0.25, 0.3) is 0 Å². The third-order valence-electron chi connectivity index (χ3n) is 4.29. The second-order valence-electron chi connectivity index (χ2n) is 5.41. The van der Waals surface area contributed by atoms with Crippen molar-refractivity contribution in [3.63, 3.8) is 0 Å². The highest BCUT2D eigenvalue weighted by atomic mass is 16.5. The zero-order valence-corrected chi connectivity index (χ0v) is 11.4. The second-order valence-corrected chi connectivity index (χ2v) is 5.41. The Bertz CT molecular complexity index is 358. The Morgan fingerprint density at radius 2 is 1.94 bits per heavy atom. The standard InChI is InChI=1S/C16H25NO/c1-18-16-10-6-5-9-14(16)11-15(12-17)13-7-3-2-4-8-13/h5-6,9-10,13,15H,2-4,7-8,11-12,17H2,1H3. The summed E-state index contributed by atoms with van der Waals surface area (Å²) in [6.07, 6.45) is 7.95. The average Bonchev–Trinajstić information content (AvgIpc) is 2.46. The molecule has 0 spiro atoms. The summed E-state index contributed by atoms with van der Waals surface area (Å²) in [5, 5.41) is 0. The molecule has 0 bridgehead atoms. The fourth-order valence-electron chi connectivity index (χ4n) is 3.20. The summed E-state index contributed by atoms with van der Waals surface area (Å²) in [7, 11) is 1.75. The lowest BCUT2D eigenvalue weighted by atomic mass is 9.77. The summed E-state index contributed by atoms with van der Waals surface area (Å²) in [5.41, 5.74) is 7.31. The Labute approximate surface area is 111 Å². The second kappa shape index (κ2) is 6.79. The molecule has 1 fully saturated rings. The van der Waals surface area contributed by atoms with E-state index in [0.717, 1.165) is 24.6 Å². The monoisotopic (exact) mass is 247 g/mol. The Balaban J connectivity index is 2.04. The van der Waals surface area contributed by atoms with E-state index >= 15 is 0 Å². The van der Waals surface area contributed by atoms with Crippen LogP contribution >= 0.6 is 0 Å². The van der Waals surface area contributed by atoms with Gasteiger partial charge < -0.3 is 10.5 Å². The molecule has 1 aliphatic rings. The van der Waals surface area contributed by atoms with Gasteiger partial charge in [0.05, 0.1) is 7.11 Å². The van der Waals surface area contributed by atoms with Crippen molar-refractivity contribution in [1.29, 1.82) is 0 Å². The van der Waals surface area contributed by atoms with E-state index in [1.54, 1.807) is 7.11 Å². The lowest BCUT2D eigenvalue weighted by molar-refractivity contribution is 0.250. The van der Waals surface area contributed by atoms with Crippen LogP contribution in [0.3, 0.4) is 0 Å². The normalized spacial score (nSPS) is 18.6. The molecule has 1 unspecified atom stereocenters. The van der Waals surface area contributed by atoms with Crippen molar-refractivity contribution in [3.05, 3.63) is 29.8 Å². The van der Waals surface area contributed by atoms with Crippen LogP contribution < -0.4 is 10.5 Å². The maximum Gasteiger partial charge on any atom is 0.122 e. The summed E-state index contributed by atoms with van der Waals surface area (Å²) in [4.78, 5) is 0. The van der Waals surface area contributed by atoms with Crippen LogP contribution in [-0.4, -0.2) is 13.7 Å². The van der Waals surface area contributed by atoms with Crippen LogP contribution in [0, 0.1) is 11.8 Å². The van der Waals surface area contributed by atoms with Gasteiger partial charge in [-0.2, -0.15) is 0 Å². The largest absolute Gasteiger partial charge is 0.496 e. The molecule has 2 rings (SSSR count). The summed E-state index contributed by atoms with van der Waals surface area (Å²) < 4.78 is 5.44. The fraction of sp³-hybridized carbons (Fsp3) is 0.625. The first-order chi connectivity index (χ1) is 8.85. The third-order valence-corrected chi connectivity index (χ3v) is 4.29. The molecule has 2 nitrogen and oxygen atoms in total. The first-order valence-corrected chi connectivity index (χ1v) is 7.17. The maximum atomic E-state index is 6.00. The van der Waals surface area contributed by atoms with E-state index < -0.39 is 0 Å². The van der Waals surface area contributed by atoms with Crippen molar-refractivity contribution in [2.24, 2.45) is 17.6 Å². The van der Waals surface area contributed by atoms with Gasteiger partial charge in [-0.3, -0.25) is 0 Å². The predicted octanol–water partition coefficient (Wildman–Crippen LogP) is 3.39. The van der Waals surface area contributed by atoms with Crippen LogP contribution in [0.1, 0.15) is 37.7 Å². The highest BCUT2D eigenvalue weighted by Crippen LogP contribution is 2.33. The van der Waals surface area contributed by atoms with Crippen molar-refractivity contribution in [3.8, 4) is 5.75 Å². The molecule has 0 aromatic heterocycles. The Morgan fingerprint density at radius 1 is 1.22 bits per heavy atom. The van der Waals surface area contributed by atoms with Gasteiger partial charge in [-0.05, 0) is 36.4 Å². The molecular weight excluding hydrogens is 222 g/mol. The van der Waals surface area contributed by atoms with Gasteiger partial charge >= 0.3 is 0 Å². The van der Waals surface area contributed by atoms with Crippen LogP contribution in [-0.2, 0) is 6.42 Å². The number of ether oxygens (including phenoxy) is 1. The molecule has 100 valence electrons. The van der Waals surface area contributed by atoms with E-state index in [4.69, 9.17) is 10.5 Å². The number of para-hydroxylation sites is 1. The number of rotatable bonds is 5. The van der Waals surface area contributed by atoms with Gasteiger partial charge in [-0.1, -0.05) is 50.3 Å². The maximum absolute atomic E-state index is 6.00. The lowest BCUT2D eigenvalue weighted by Gasteiger charge is -2.29. The molecule has 18 heavy (non-hydrogen) atoms. The molecule has 0 saturated heterocycles. The number of hydrogen-bond acceptors (Lipinski definition) is 2. The van der Waals surface area contributed by atoms with Gasteiger partial charge in [0.2, 0.25) is 0 Å². The van der Waals surface area contributed by atoms with Gasteiger partial charge in [-0.15, -0.1) is 0 Å². The molecule has 2 N–H and O–H groups in total. The first-order valence-electron chi connectivity index (χ1n) is 7.17. The summed E-state index contributed by atoms with van der Waals surface area (Å²) in [6, 6.07) is 8.33. The van der Waals surface area contributed by atoms with Crippen molar-refractivity contribution in [2.75, 3.05) is 13.7 Å². The minimum absolute atomic E-state index is 0.613. The van der Waals surface area contributed by atoms with Gasteiger partial charge in [0.15, 0.2) is 0 Å². The van der Waals surface area contributed by atoms with E-state index in [0.29, 0.717) is 5.92 Å². The summed E-state index contributed by atoms with van der Waals surface area (Å²) >= 11 is 0. The van der Waals surface area contributed by atoms with E-state index in [1.165, 1.54) is 37.7 Å². The van der Waals surface area contributed by atoms with Crippen LogP contribution in [0.25, 0.3) is 0 Å². The van der Waals surface area contributed by atoms with Gasteiger partial charge in [0.1, 0.15) is 5.75 Å². The van der Waals surface area contributed by atoms with Crippen LogP contribution in [0.4, 0.5) is 0 Å². The van der Waals surface area contributed by atoms with Crippen LogP contribution in [0.15, 0.2) is 24.3 Å². The van der Waals surface area contributed by atoms with E-state index in [1.807, 2.05) is 12.1 Å². The van der Waals surface area contributed by atoms with Crippen LogP contribution in [0.2, 0.25) is 0 Å². The quantitative estimate of drug-likeness (QED) is 0.865. The van der Waals surface area contributed by atoms with Crippen molar-refractivity contribution >= 4 is 0 Å². The average molecular weight is 247 g/mol. The van der Waals surface area contributed by atoms with E-state index in [9.17, 15) is 0 Å². The molecular formula is C16H25NO. The third kappa shape index (κ3) is 3.26. The fourth-order valence-corrected chi connectivity index (χ4v) is 3.20. The Morgan fingerprint density at radius 3 is 2.61 bits per heavy atom. The highest BCUT2D eigenvalue weighted by Gasteiger charge is 2.23. The minimum Gasteiger partial charge on any atom is -0.496 e. The zero-order valence-electron chi connectivity index (χ0n) is 11.4. The Hall–Kier alpha value is -1.02. The van der Waals surface area contributed by atoms with Gasteiger partial charge in [-0.25, -0.2) is 0 Å². The first kappa shape index (κ1) is 13.4. The SMILES string of the molecule is COc1ccccc1CC(CN)C1CCCCC1. The number of benzene rings is 1. The lowest BCUT2D eigenvalue weighted by Crippen LogP contribution is -2.27. The predicted molar refractivity (Wildman–Crippen MR) is 75.8 cm³/mol. The van der Waals surface area contributed by atoms with E-state index in [-0.39, 0.29) is 0 Å². The molecule has 0 aliphatic heterocycles. The van der Waals surface area contributed by atoms with Crippen LogP contribution in [0.5, 0.6) is 5.75 Å². The smallest absolute Gasteiger partial charge is 0.122 e. The Kier molecular flexibility index (Phi) is 5.06. The topological polar surface area (TPSA) is 35.2 Å². The molecule has 0 amide bonds. The molecule has 0 heterocycles. The zero-order chi connectivity index (χ0) is 12.8. The molecule has 1 aromatic rings. The van der Waals surface area contributed by atoms with E-state index in [2.05, 4.69) is 12.1 Å². The number of hydrogen-bond donors (Lipinski definition) is 1. The molecule has 1 saturated carbocycles. The molecule has 1 aromatic carbocycles. The molecule has 1 atom stereocenters. The number of methoxy groups -OCH3 is 1. The highest BCUT2D eigenvalue weighted by molar-refractivity contribution is 5.33. The molecule has 0 radical (unpaired) electrons. The van der Waals surface area contributed by atoms with Crippen molar-refractivity contribution in [2.45, 2.75) is 38.5 Å². The van der Waals surface area contributed by atoms with Crippen molar-refractivity contribution in [1.82, 2.24) is 0 Å². The molecule has 1 aliphatic carbocycles. The van der Waals surface area contributed by atoms with Crippen molar-refractivity contribution < 1.29 is 4.74 Å². The molecule has 2 heteroatoms. The van der Waals surface area contributed by atoms with Gasteiger partial charge in [0, 0.05) is 0 Å². The summed E-state index contributed by atoms with van der Waals surface area (Å²) in [5.74, 6) is 2.43. The summed E-state index contributed by atoms with van der Waals surface area (Å²) in [6.45, 7) is 0.794.